The van der Waals surface area contributed by atoms with Crippen LogP contribution in [-0.2, 0) is 4.79 Å². The summed E-state index contributed by atoms with van der Waals surface area (Å²) in [6.45, 7) is -0.309. The molecule has 2 N–H and O–H groups in total. The van der Waals surface area contributed by atoms with Crippen LogP contribution < -0.4 is 24.7 Å². The standard InChI is InChI=1S/C25H18BrClN2O5/c1-31-21-8-5-14(26)9-19(21)24-18-7-6-17(11-22(18)34-25(29)20(24)12-28)33-23(30)13-32-16-4-2-3-15(27)10-16/h2-11,24H,13,29H2,1H3. The number of hydrogen-bond donors (Lipinski definition) is 1. The molecule has 0 bridgehead atoms. The maximum atomic E-state index is 12.3. The van der Waals surface area contributed by atoms with Gasteiger partial charge in [0.2, 0.25) is 5.88 Å². The molecular formula is C25H18BrClN2O5. The summed E-state index contributed by atoms with van der Waals surface area (Å²) in [6, 6.07) is 19.2. The van der Waals surface area contributed by atoms with Gasteiger partial charge in [-0.25, -0.2) is 4.79 Å². The SMILES string of the molecule is COc1ccc(Br)cc1C1C(C#N)=C(N)Oc2cc(OC(=O)COc3cccc(Cl)c3)ccc21. The van der Waals surface area contributed by atoms with E-state index in [1.54, 1.807) is 55.6 Å². The second-order valence-corrected chi connectivity index (χ2v) is 8.58. The van der Waals surface area contributed by atoms with Gasteiger partial charge in [-0.05, 0) is 42.5 Å². The summed E-state index contributed by atoms with van der Waals surface area (Å²) in [6.07, 6.45) is 0. The van der Waals surface area contributed by atoms with E-state index in [-0.39, 0.29) is 23.8 Å². The number of halogens is 2. The highest BCUT2D eigenvalue weighted by Gasteiger charge is 2.33. The molecule has 0 fully saturated rings. The third kappa shape index (κ3) is 4.96. The second kappa shape index (κ2) is 10.1. The molecule has 0 amide bonds. The van der Waals surface area contributed by atoms with E-state index in [1.807, 2.05) is 12.1 Å². The minimum absolute atomic E-state index is 0.0326. The van der Waals surface area contributed by atoms with Crippen LogP contribution in [0.2, 0.25) is 5.02 Å². The van der Waals surface area contributed by atoms with Crippen molar-refractivity contribution in [2.75, 3.05) is 13.7 Å². The van der Waals surface area contributed by atoms with Crippen molar-refractivity contribution in [3.05, 3.63) is 92.7 Å². The Hall–Kier alpha value is -3.67. The maximum Gasteiger partial charge on any atom is 0.349 e. The summed E-state index contributed by atoms with van der Waals surface area (Å²) in [7, 11) is 1.56. The van der Waals surface area contributed by atoms with Crippen LogP contribution in [0.15, 0.2) is 76.6 Å². The molecule has 1 unspecified atom stereocenters. The number of nitrogens with zero attached hydrogens (tertiary/aromatic N) is 1. The van der Waals surface area contributed by atoms with Gasteiger partial charge in [0.1, 0.15) is 34.6 Å². The number of allylic oxidation sites excluding steroid dienone is 1. The Morgan fingerprint density at radius 1 is 1.15 bits per heavy atom. The molecule has 0 radical (unpaired) electrons. The number of methoxy groups -OCH3 is 1. The van der Waals surface area contributed by atoms with Crippen molar-refractivity contribution in [3.63, 3.8) is 0 Å². The molecule has 3 aromatic rings. The molecule has 0 saturated carbocycles. The average molecular weight is 542 g/mol. The van der Waals surface area contributed by atoms with Crippen molar-refractivity contribution in [1.29, 1.82) is 5.26 Å². The number of benzene rings is 3. The van der Waals surface area contributed by atoms with E-state index in [4.69, 9.17) is 36.3 Å². The van der Waals surface area contributed by atoms with Crippen LogP contribution in [-0.4, -0.2) is 19.7 Å². The zero-order valence-electron chi connectivity index (χ0n) is 17.9. The monoisotopic (exact) mass is 540 g/mol. The van der Waals surface area contributed by atoms with E-state index >= 15 is 0 Å². The van der Waals surface area contributed by atoms with Crippen molar-refractivity contribution in [1.82, 2.24) is 0 Å². The van der Waals surface area contributed by atoms with Crippen molar-refractivity contribution in [2.45, 2.75) is 5.92 Å². The number of rotatable bonds is 6. The predicted octanol–water partition coefficient (Wildman–Crippen LogP) is 5.31. The summed E-state index contributed by atoms with van der Waals surface area (Å²) in [5.41, 5.74) is 7.75. The number of carbonyl (C=O) groups excluding carboxylic acids is 1. The van der Waals surface area contributed by atoms with Crippen molar-refractivity contribution in [3.8, 4) is 29.1 Å². The van der Waals surface area contributed by atoms with Crippen LogP contribution in [0.25, 0.3) is 0 Å². The van der Waals surface area contributed by atoms with Gasteiger partial charge >= 0.3 is 5.97 Å². The van der Waals surface area contributed by atoms with Crippen LogP contribution in [0.5, 0.6) is 23.0 Å². The molecule has 3 aromatic carbocycles. The molecule has 0 spiro atoms. The Kier molecular flexibility index (Phi) is 6.96. The second-order valence-electron chi connectivity index (χ2n) is 7.23. The van der Waals surface area contributed by atoms with Crippen LogP contribution in [0.1, 0.15) is 17.0 Å². The van der Waals surface area contributed by atoms with Crippen LogP contribution >= 0.6 is 27.5 Å². The maximum absolute atomic E-state index is 12.3. The third-order valence-corrected chi connectivity index (χ3v) is 5.81. The molecule has 1 atom stereocenters. The van der Waals surface area contributed by atoms with Gasteiger partial charge in [0.15, 0.2) is 6.61 Å². The smallest absolute Gasteiger partial charge is 0.349 e. The molecule has 1 heterocycles. The lowest BCUT2D eigenvalue weighted by molar-refractivity contribution is -0.136. The van der Waals surface area contributed by atoms with E-state index in [1.165, 1.54) is 0 Å². The van der Waals surface area contributed by atoms with E-state index in [2.05, 4.69) is 22.0 Å². The topological polar surface area (TPSA) is 104 Å². The Morgan fingerprint density at radius 2 is 1.97 bits per heavy atom. The van der Waals surface area contributed by atoms with Gasteiger partial charge in [-0.3, -0.25) is 0 Å². The number of fused-ring (bicyclic) bond motifs is 1. The molecule has 172 valence electrons. The van der Waals surface area contributed by atoms with Gasteiger partial charge in [-0.2, -0.15) is 5.26 Å². The van der Waals surface area contributed by atoms with Gasteiger partial charge in [0, 0.05) is 26.7 Å². The molecule has 1 aliphatic rings. The van der Waals surface area contributed by atoms with Crippen LogP contribution in [0.4, 0.5) is 0 Å². The van der Waals surface area contributed by atoms with E-state index in [0.29, 0.717) is 27.8 Å². The fourth-order valence-electron chi connectivity index (χ4n) is 3.61. The number of hydrogen-bond acceptors (Lipinski definition) is 7. The Labute approximate surface area is 209 Å². The quantitative estimate of drug-likeness (QED) is 0.333. The fourth-order valence-corrected chi connectivity index (χ4v) is 4.17. The molecule has 0 saturated heterocycles. The van der Waals surface area contributed by atoms with Crippen molar-refractivity contribution in [2.24, 2.45) is 5.73 Å². The van der Waals surface area contributed by atoms with E-state index < -0.39 is 11.9 Å². The van der Waals surface area contributed by atoms with E-state index in [0.717, 1.165) is 10.0 Å². The van der Waals surface area contributed by atoms with Crippen molar-refractivity contribution >= 4 is 33.5 Å². The highest BCUT2D eigenvalue weighted by Crippen LogP contribution is 2.46. The summed E-state index contributed by atoms with van der Waals surface area (Å²) in [5.74, 6) is 0.478. The lowest BCUT2D eigenvalue weighted by atomic mass is 9.83. The summed E-state index contributed by atoms with van der Waals surface area (Å²) < 4.78 is 22.8. The third-order valence-electron chi connectivity index (χ3n) is 5.08. The summed E-state index contributed by atoms with van der Waals surface area (Å²) in [4.78, 5) is 12.3. The first-order chi connectivity index (χ1) is 16.4. The first-order valence-corrected chi connectivity index (χ1v) is 11.2. The van der Waals surface area contributed by atoms with Crippen molar-refractivity contribution < 1.29 is 23.7 Å². The summed E-state index contributed by atoms with van der Waals surface area (Å²) >= 11 is 9.39. The molecule has 34 heavy (non-hydrogen) atoms. The lowest BCUT2D eigenvalue weighted by Gasteiger charge is -2.27. The number of nitrogens with two attached hydrogens (primary N) is 1. The minimum atomic E-state index is -0.609. The van der Waals surface area contributed by atoms with Gasteiger partial charge in [0.25, 0.3) is 0 Å². The molecule has 7 nitrogen and oxygen atoms in total. The number of nitriles is 1. The van der Waals surface area contributed by atoms with Gasteiger partial charge < -0.3 is 24.7 Å². The van der Waals surface area contributed by atoms with Gasteiger partial charge in [0.05, 0.1) is 13.0 Å². The van der Waals surface area contributed by atoms with E-state index in [9.17, 15) is 10.1 Å². The van der Waals surface area contributed by atoms with Gasteiger partial charge in [-0.15, -0.1) is 0 Å². The highest BCUT2D eigenvalue weighted by molar-refractivity contribution is 9.10. The average Bonchev–Trinajstić information content (AvgIpc) is 2.82. The molecule has 0 aromatic heterocycles. The first-order valence-electron chi connectivity index (χ1n) is 10.0. The minimum Gasteiger partial charge on any atom is -0.496 e. The number of carbonyl (C=O) groups is 1. The molecule has 0 aliphatic carbocycles. The Balaban J connectivity index is 1.60. The van der Waals surface area contributed by atoms with Crippen LogP contribution in [0.3, 0.4) is 0 Å². The first kappa shape index (κ1) is 23.5. The zero-order valence-corrected chi connectivity index (χ0v) is 20.2. The Morgan fingerprint density at radius 3 is 2.71 bits per heavy atom. The lowest BCUT2D eigenvalue weighted by Crippen LogP contribution is -2.22. The fraction of sp³-hybridized carbons (Fsp3) is 0.120. The summed E-state index contributed by atoms with van der Waals surface area (Å²) in [5, 5.41) is 10.3. The number of ether oxygens (including phenoxy) is 4. The van der Waals surface area contributed by atoms with Gasteiger partial charge in [-0.1, -0.05) is 39.7 Å². The zero-order chi connectivity index (χ0) is 24.2. The molecule has 1 aliphatic heterocycles. The normalized spacial score (nSPS) is 14.5. The predicted molar refractivity (Wildman–Crippen MR) is 129 cm³/mol. The molecular weight excluding hydrogens is 524 g/mol. The largest absolute Gasteiger partial charge is 0.496 e. The highest BCUT2D eigenvalue weighted by atomic mass is 79.9. The van der Waals surface area contributed by atoms with Crippen LogP contribution in [0, 0.1) is 11.3 Å². The number of esters is 1. The molecule has 9 heteroatoms. The molecule has 4 rings (SSSR count). The Bertz CT molecular complexity index is 1340.